The van der Waals surface area contributed by atoms with Crippen LogP contribution in [-0.2, 0) is 23.8 Å². The number of aliphatic hydroxyl groups excluding tert-OH is 1. The van der Waals surface area contributed by atoms with E-state index in [1.165, 1.54) is 38.0 Å². The Bertz CT molecular complexity index is 663. The van der Waals surface area contributed by atoms with Crippen LogP contribution in [0.4, 0.5) is 4.79 Å². The van der Waals surface area contributed by atoms with E-state index in [-0.39, 0.29) is 11.7 Å². The van der Waals surface area contributed by atoms with Crippen LogP contribution in [0.1, 0.15) is 59.3 Å². The molecule has 10 nitrogen and oxygen atoms in total. The van der Waals surface area contributed by atoms with Gasteiger partial charge in [0.05, 0.1) is 0 Å². The number of carbonyl (C=O) groups excluding carboxylic acids is 3. The quantitative estimate of drug-likeness (QED) is 0.190. The average molecular weight is 460 g/mol. The van der Waals surface area contributed by atoms with Gasteiger partial charge in [-0.3, -0.25) is 14.5 Å². The number of rotatable bonds is 10. The van der Waals surface area contributed by atoms with Gasteiger partial charge in [0.15, 0.2) is 17.3 Å². The van der Waals surface area contributed by atoms with Gasteiger partial charge in [0.2, 0.25) is 0 Å². The van der Waals surface area contributed by atoms with Gasteiger partial charge in [-0.05, 0) is 18.6 Å². The molecule has 0 aromatic carbocycles. The first-order chi connectivity index (χ1) is 14.8. The van der Waals surface area contributed by atoms with Crippen molar-refractivity contribution in [1.82, 2.24) is 15.5 Å². The van der Waals surface area contributed by atoms with Crippen LogP contribution in [0.2, 0.25) is 0 Å². The molecule has 0 radical (unpaired) electrons. The highest BCUT2D eigenvalue weighted by atomic mass is 32.1. The van der Waals surface area contributed by atoms with Gasteiger partial charge in [0.1, 0.15) is 24.9 Å². The van der Waals surface area contributed by atoms with Gasteiger partial charge in [-0.15, -0.1) is 0 Å². The van der Waals surface area contributed by atoms with Crippen LogP contribution >= 0.6 is 12.2 Å². The van der Waals surface area contributed by atoms with Crippen LogP contribution in [-0.4, -0.2) is 76.8 Å². The number of hydrogen-bond donors (Lipinski definition) is 3. The zero-order chi connectivity index (χ0) is 23.0. The number of nitrogens with zero attached hydrogens (tertiary/aromatic N) is 1. The summed E-state index contributed by atoms with van der Waals surface area (Å²) in [5.41, 5.74) is 0. The summed E-state index contributed by atoms with van der Waals surface area (Å²) in [4.78, 5) is 36.9. The number of esters is 2. The molecule has 2 saturated heterocycles. The van der Waals surface area contributed by atoms with Crippen molar-refractivity contribution in [2.45, 2.75) is 89.8 Å². The lowest BCUT2D eigenvalue weighted by Crippen LogP contribution is -2.72. The van der Waals surface area contributed by atoms with Crippen molar-refractivity contribution >= 4 is 35.4 Å². The van der Waals surface area contributed by atoms with E-state index >= 15 is 0 Å². The summed E-state index contributed by atoms with van der Waals surface area (Å²) in [5, 5.41) is 17.0. The first kappa shape index (κ1) is 25.1. The van der Waals surface area contributed by atoms with Gasteiger partial charge in [-0.1, -0.05) is 39.0 Å². The predicted octanol–water partition coefficient (Wildman–Crippen LogP) is 1.20. The average Bonchev–Trinajstić information content (AvgIpc) is 3.08. The molecule has 5 atom stereocenters. The Kier molecular flexibility index (Phi) is 9.76. The molecule has 0 bridgehead atoms. The molecule has 11 heteroatoms. The third kappa shape index (κ3) is 6.93. The number of cyclic esters (lactones) is 1. The maximum absolute atomic E-state index is 12.3. The molecule has 0 saturated carbocycles. The highest BCUT2D eigenvalue weighted by molar-refractivity contribution is 7.80. The van der Waals surface area contributed by atoms with E-state index in [0.29, 0.717) is 6.54 Å². The smallest absolute Gasteiger partial charge is 0.412 e. The van der Waals surface area contributed by atoms with E-state index in [1.807, 2.05) is 0 Å². The van der Waals surface area contributed by atoms with Crippen LogP contribution in [0, 0.1) is 0 Å². The zero-order valence-electron chi connectivity index (χ0n) is 18.3. The van der Waals surface area contributed by atoms with Crippen molar-refractivity contribution in [2.24, 2.45) is 0 Å². The number of nitrogens with one attached hydrogen (secondary N) is 2. The minimum absolute atomic E-state index is 0.0827. The molecule has 0 aliphatic carbocycles. The van der Waals surface area contributed by atoms with Crippen molar-refractivity contribution in [3.05, 3.63) is 0 Å². The minimum atomic E-state index is -1.29. The van der Waals surface area contributed by atoms with Crippen LogP contribution in [0.5, 0.6) is 0 Å². The number of carbonyl (C=O) groups is 3. The Morgan fingerprint density at radius 3 is 2.39 bits per heavy atom. The Balaban J connectivity index is 2.06. The molecule has 3 unspecified atom stereocenters. The van der Waals surface area contributed by atoms with Crippen molar-refractivity contribution in [3.8, 4) is 0 Å². The lowest BCUT2D eigenvalue weighted by Gasteiger charge is -2.46. The number of fused-ring (bicyclic) bond motifs is 1. The Morgan fingerprint density at radius 2 is 1.74 bits per heavy atom. The largest absolute Gasteiger partial charge is 0.456 e. The molecule has 1 amide bonds. The molecule has 0 spiro atoms. The van der Waals surface area contributed by atoms with Crippen LogP contribution in [0.15, 0.2) is 0 Å². The molecule has 2 fully saturated rings. The summed E-state index contributed by atoms with van der Waals surface area (Å²) in [7, 11) is 0. The zero-order valence-corrected chi connectivity index (χ0v) is 19.1. The highest BCUT2D eigenvalue weighted by Gasteiger charge is 2.57. The standard InChI is InChI=1S/C20H33N3O7S/c1-4-5-6-7-8-9-10-21-19(31)22-18-17(30-13(3)25)16(29-12(2)24)15(26)14-11-28-20(27)23(14)18/h14-18,26H,4-11H2,1-3H3,(H2,21,22,31)/t14?,15-,16?,17?,18+/m1/s1. The van der Waals surface area contributed by atoms with E-state index in [4.69, 9.17) is 26.4 Å². The monoisotopic (exact) mass is 459 g/mol. The molecule has 2 rings (SSSR count). The molecule has 31 heavy (non-hydrogen) atoms. The van der Waals surface area contributed by atoms with E-state index in [2.05, 4.69) is 17.6 Å². The summed E-state index contributed by atoms with van der Waals surface area (Å²) in [5.74, 6) is -1.31. The molecule has 0 aromatic rings. The molecule has 2 aliphatic heterocycles. The van der Waals surface area contributed by atoms with Gasteiger partial charge in [0, 0.05) is 20.4 Å². The maximum Gasteiger partial charge on any atom is 0.412 e. The Morgan fingerprint density at radius 1 is 1.13 bits per heavy atom. The van der Waals surface area contributed by atoms with Gasteiger partial charge < -0.3 is 30.0 Å². The Labute approximate surface area is 187 Å². The van der Waals surface area contributed by atoms with Crippen molar-refractivity contribution in [1.29, 1.82) is 0 Å². The summed E-state index contributed by atoms with van der Waals surface area (Å²) in [6.45, 7) is 5.12. The first-order valence-corrected chi connectivity index (χ1v) is 11.2. The number of ether oxygens (including phenoxy) is 3. The lowest BCUT2D eigenvalue weighted by atomic mass is 9.92. The fourth-order valence-electron chi connectivity index (χ4n) is 3.88. The molecule has 3 N–H and O–H groups in total. The molecular formula is C20H33N3O7S. The van der Waals surface area contributed by atoms with Gasteiger partial charge in [0.25, 0.3) is 0 Å². The second kappa shape index (κ2) is 12.0. The molecular weight excluding hydrogens is 426 g/mol. The second-order valence-corrected chi connectivity index (χ2v) is 8.21. The summed E-state index contributed by atoms with van der Waals surface area (Å²) in [6.07, 6.45) is 1.52. The Hall–Kier alpha value is -2.14. The van der Waals surface area contributed by atoms with E-state index in [0.717, 1.165) is 19.3 Å². The van der Waals surface area contributed by atoms with Crippen molar-refractivity contribution < 1.29 is 33.7 Å². The van der Waals surface area contributed by atoms with E-state index in [1.54, 1.807) is 0 Å². The third-order valence-corrected chi connectivity index (χ3v) is 5.57. The molecule has 0 aromatic heterocycles. The number of aliphatic hydroxyl groups is 1. The fraction of sp³-hybridized carbons (Fsp3) is 0.800. The summed E-state index contributed by atoms with van der Waals surface area (Å²) in [6, 6.07) is -0.775. The van der Waals surface area contributed by atoms with Crippen LogP contribution in [0.3, 0.4) is 0 Å². The van der Waals surface area contributed by atoms with Gasteiger partial charge >= 0.3 is 18.0 Å². The fourth-order valence-corrected chi connectivity index (χ4v) is 4.10. The van der Waals surface area contributed by atoms with Crippen molar-refractivity contribution in [3.63, 3.8) is 0 Å². The van der Waals surface area contributed by atoms with Gasteiger partial charge in [-0.2, -0.15) is 0 Å². The van der Waals surface area contributed by atoms with E-state index < -0.39 is 48.6 Å². The van der Waals surface area contributed by atoms with Crippen LogP contribution < -0.4 is 10.6 Å². The summed E-state index contributed by atoms with van der Waals surface area (Å²) >= 11 is 5.36. The SMILES string of the molecule is CCCCCCCCNC(=S)N[C@@H]1C(OC(C)=O)C(OC(C)=O)[C@H](O)C2COC(=O)N21. The molecule has 176 valence electrons. The normalized spacial score (nSPS) is 27.2. The maximum atomic E-state index is 12.3. The number of thiocarbonyl (C=S) groups is 1. The van der Waals surface area contributed by atoms with Crippen molar-refractivity contribution in [2.75, 3.05) is 13.2 Å². The third-order valence-electron chi connectivity index (χ3n) is 5.31. The predicted molar refractivity (Wildman–Crippen MR) is 115 cm³/mol. The summed E-state index contributed by atoms with van der Waals surface area (Å²) < 4.78 is 15.7. The van der Waals surface area contributed by atoms with Gasteiger partial charge in [-0.25, -0.2) is 4.79 Å². The topological polar surface area (TPSA) is 126 Å². The molecule has 2 aliphatic rings. The molecule has 2 heterocycles. The number of piperidine rings is 1. The van der Waals surface area contributed by atoms with E-state index in [9.17, 15) is 19.5 Å². The minimum Gasteiger partial charge on any atom is -0.456 e. The second-order valence-electron chi connectivity index (χ2n) is 7.80. The lowest BCUT2D eigenvalue weighted by molar-refractivity contribution is -0.198. The number of amides is 1. The highest BCUT2D eigenvalue weighted by Crippen LogP contribution is 2.32. The van der Waals surface area contributed by atoms with Crippen LogP contribution in [0.25, 0.3) is 0 Å². The first-order valence-electron chi connectivity index (χ1n) is 10.8. The number of hydrogen-bond acceptors (Lipinski definition) is 8. The number of unbranched alkanes of at least 4 members (excludes halogenated alkanes) is 5.